The van der Waals surface area contributed by atoms with Crippen LogP contribution in [0, 0.1) is 5.41 Å². The van der Waals surface area contributed by atoms with E-state index >= 15 is 0 Å². The lowest BCUT2D eigenvalue weighted by molar-refractivity contribution is 0.0932. The van der Waals surface area contributed by atoms with E-state index in [9.17, 15) is 4.79 Å². The SMILES string of the molecule is CCOc1ccccc1C(=O)NCC(C)(C)CCCl. The number of carbonyl (C=O) groups is 1. The lowest BCUT2D eigenvalue weighted by Gasteiger charge is -2.24. The molecule has 0 aliphatic carbocycles. The molecule has 3 nitrogen and oxygen atoms in total. The van der Waals surface area contributed by atoms with Gasteiger partial charge in [-0.2, -0.15) is 0 Å². The quantitative estimate of drug-likeness (QED) is 0.778. The first-order chi connectivity index (χ1) is 9.00. The molecule has 1 rings (SSSR count). The van der Waals surface area contributed by atoms with Crippen LogP contribution in [0.15, 0.2) is 24.3 Å². The molecule has 0 atom stereocenters. The zero-order valence-corrected chi connectivity index (χ0v) is 12.6. The van der Waals surface area contributed by atoms with E-state index in [0.29, 0.717) is 30.3 Å². The number of nitrogens with one attached hydrogen (secondary N) is 1. The van der Waals surface area contributed by atoms with Crippen LogP contribution in [0.2, 0.25) is 0 Å². The molecule has 0 radical (unpaired) electrons. The Balaban J connectivity index is 2.68. The van der Waals surface area contributed by atoms with Crippen LogP contribution in [0.3, 0.4) is 0 Å². The summed E-state index contributed by atoms with van der Waals surface area (Å²) in [5.41, 5.74) is 0.573. The number of halogens is 1. The molecular formula is C15H22ClNO2. The van der Waals surface area contributed by atoms with Crippen molar-refractivity contribution in [2.24, 2.45) is 5.41 Å². The molecule has 0 unspecified atom stereocenters. The van der Waals surface area contributed by atoms with Crippen molar-refractivity contribution in [1.29, 1.82) is 0 Å². The third-order valence-corrected chi connectivity index (χ3v) is 3.12. The second-order valence-corrected chi connectivity index (χ2v) is 5.59. The Morgan fingerprint density at radius 2 is 2.05 bits per heavy atom. The van der Waals surface area contributed by atoms with E-state index in [1.165, 1.54) is 0 Å². The highest BCUT2D eigenvalue weighted by Gasteiger charge is 2.19. The minimum Gasteiger partial charge on any atom is -0.493 e. The van der Waals surface area contributed by atoms with Gasteiger partial charge in [-0.05, 0) is 30.9 Å². The molecule has 4 heteroatoms. The fourth-order valence-corrected chi connectivity index (χ4v) is 2.21. The number of para-hydroxylation sites is 1. The fraction of sp³-hybridized carbons (Fsp3) is 0.533. The first kappa shape index (κ1) is 15.8. The Kier molecular flexibility index (Phi) is 6.16. The zero-order chi connectivity index (χ0) is 14.3. The van der Waals surface area contributed by atoms with Crippen molar-refractivity contribution < 1.29 is 9.53 Å². The summed E-state index contributed by atoms with van der Waals surface area (Å²) in [4.78, 5) is 12.2. The highest BCUT2D eigenvalue weighted by Crippen LogP contribution is 2.21. The molecule has 0 saturated heterocycles. The number of ether oxygens (including phenoxy) is 1. The van der Waals surface area contributed by atoms with Gasteiger partial charge in [0.25, 0.3) is 5.91 Å². The van der Waals surface area contributed by atoms with E-state index in [4.69, 9.17) is 16.3 Å². The van der Waals surface area contributed by atoms with Crippen molar-refractivity contribution >= 4 is 17.5 Å². The molecule has 106 valence electrons. The highest BCUT2D eigenvalue weighted by atomic mass is 35.5. The van der Waals surface area contributed by atoms with Crippen molar-refractivity contribution in [2.45, 2.75) is 27.2 Å². The molecule has 19 heavy (non-hydrogen) atoms. The van der Waals surface area contributed by atoms with E-state index in [1.54, 1.807) is 6.07 Å². The second-order valence-electron chi connectivity index (χ2n) is 5.22. The standard InChI is InChI=1S/C15H22ClNO2/c1-4-19-13-8-6-5-7-12(13)14(18)17-11-15(2,3)9-10-16/h5-8H,4,9-11H2,1-3H3,(H,17,18). The maximum absolute atomic E-state index is 12.2. The van der Waals surface area contributed by atoms with E-state index in [1.807, 2.05) is 25.1 Å². The number of carbonyl (C=O) groups excluding carboxylic acids is 1. The van der Waals surface area contributed by atoms with Gasteiger partial charge < -0.3 is 10.1 Å². The monoisotopic (exact) mass is 283 g/mol. The van der Waals surface area contributed by atoms with Crippen LogP contribution in [-0.4, -0.2) is 24.9 Å². The normalized spacial score (nSPS) is 11.2. The third-order valence-electron chi connectivity index (χ3n) is 2.93. The molecule has 0 heterocycles. The predicted octanol–water partition coefficient (Wildman–Crippen LogP) is 3.47. The summed E-state index contributed by atoms with van der Waals surface area (Å²) in [6.45, 7) is 7.22. The molecule has 0 aliphatic rings. The number of hydrogen-bond donors (Lipinski definition) is 1. The van der Waals surface area contributed by atoms with E-state index in [2.05, 4.69) is 19.2 Å². The van der Waals surface area contributed by atoms with E-state index in [-0.39, 0.29) is 11.3 Å². The minimum absolute atomic E-state index is 0.00202. The molecule has 0 saturated carbocycles. The van der Waals surface area contributed by atoms with Gasteiger partial charge in [0.05, 0.1) is 12.2 Å². The molecule has 1 N–H and O–H groups in total. The first-order valence-corrected chi connectivity index (χ1v) is 7.09. The maximum atomic E-state index is 12.2. The summed E-state index contributed by atoms with van der Waals surface area (Å²) < 4.78 is 5.46. The zero-order valence-electron chi connectivity index (χ0n) is 11.8. The van der Waals surface area contributed by atoms with E-state index < -0.39 is 0 Å². The van der Waals surface area contributed by atoms with Gasteiger partial charge in [0.1, 0.15) is 5.75 Å². The fourth-order valence-electron chi connectivity index (χ4n) is 1.69. The summed E-state index contributed by atoms with van der Waals surface area (Å²) >= 11 is 5.75. The van der Waals surface area contributed by atoms with Gasteiger partial charge in [-0.25, -0.2) is 0 Å². The lowest BCUT2D eigenvalue weighted by Crippen LogP contribution is -2.34. The Bertz CT molecular complexity index is 418. The van der Waals surface area contributed by atoms with Crippen LogP contribution in [0.25, 0.3) is 0 Å². The van der Waals surface area contributed by atoms with Crippen LogP contribution < -0.4 is 10.1 Å². The van der Waals surface area contributed by atoms with Gasteiger partial charge in [-0.3, -0.25) is 4.79 Å². The largest absolute Gasteiger partial charge is 0.493 e. The summed E-state index contributed by atoms with van der Waals surface area (Å²) in [7, 11) is 0. The van der Waals surface area contributed by atoms with Crippen molar-refractivity contribution in [2.75, 3.05) is 19.0 Å². The van der Waals surface area contributed by atoms with Crippen LogP contribution in [-0.2, 0) is 0 Å². The highest BCUT2D eigenvalue weighted by molar-refractivity contribution is 6.17. The van der Waals surface area contributed by atoms with Crippen molar-refractivity contribution in [3.63, 3.8) is 0 Å². The first-order valence-electron chi connectivity index (χ1n) is 6.56. The average Bonchev–Trinajstić information content (AvgIpc) is 2.37. The van der Waals surface area contributed by atoms with Crippen LogP contribution in [0.1, 0.15) is 37.6 Å². The van der Waals surface area contributed by atoms with Gasteiger partial charge in [0, 0.05) is 12.4 Å². The van der Waals surface area contributed by atoms with Crippen molar-refractivity contribution in [3.8, 4) is 5.75 Å². The predicted molar refractivity (Wildman–Crippen MR) is 79.1 cm³/mol. The maximum Gasteiger partial charge on any atom is 0.255 e. The van der Waals surface area contributed by atoms with Gasteiger partial charge in [-0.1, -0.05) is 26.0 Å². The molecule has 0 aliphatic heterocycles. The van der Waals surface area contributed by atoms with Crippen molar-refractivity contribution in [3.05, 3.63) is 29.8 Å². The summed E-state index contributed by atoms with van der Waals surface area (Å²) in [6.07, 6.45) is 0.863. The lowest BCUT2D eigenvalue weighted by atomic mass is 9.90. The Labute approximate surface area is 120 Å². The molecule has 0 bridgehead atoms. The minimum atomic E-state index is -0.105. The molecule has 0 spiro atoms. The van der Waals surface area contributed by atoms with E-state index in [0.717, 1.165) is 6.42 Å². The van der Waals surface area contributed by atoms with Gasteiger partial charge in [0.2, 0.25) is 0 Å². The Hall–Kier alpha value is -1.22. The topological polar surface area (TPSA) is 38.3 Å². The molecular weight excluding hydrogens is 262 g/mol. The summed E-state index contributed by atoms with van der Waals surface area (Å²) in [5, 5.41) is 2.95. The van der Waals surface area contributed by atoms with Crippen LogP contribution >= 0.6 is 11.6 Å². The average molecular weight is 284 g/mol. The summed E-state index contributed by atoms with van der Waals surface area (Å²) in [6, 6.07) is 7.28. The van der Waals surface area contributed by atoms with Crippen LogP contribution in [0.4, 0.5) is 0 Å². The molecule has 0 aromatic heterocycles. The second kappa shape index (κ2) is 7.39. The number of benzene rings is 1. The molecule has 1 aromatic carbocycles. The number of alkyl halides is 1. The third kappa shape index (κ3) is 5.11. The van der Waals surface area contributed by atoms with Gasteiger partial charge >= 0.3 is 0 Å². The van der Waals surface area contributed by atoms with Gasteiger partial charge in [0.15, 0.2) is 0 Å². The van der Waals surface area contributed by atoms with Crippen LogP contribution in [0.5, 0.6) is 5.75 Å². The van der Waals surface area contributed by atoms with Crippen molar-refractivity contribution in [1.82, 2.24) is 5.32 Å². The van der Waals surface area contributed by atoms with Gasteiger partial charge in [-0.15, -0.1) is 11.6 Å². The molecule has 1 aromatic rings. The molecule has 1 amide bonds. The number of amides is 1. The smallest absolute Gasteiger partial charge is 0.255 e. The number of hydrogen-bond acceptors (Lipinski definition) is 2. The summed E-state index contributed by atoms with van der Waals surface area (Å²) in [5.74, 6) is 1.11. The number of rotatable bonds is 7. The Morgan fingerprint density at radius 1 is 1.37 bits per heavy atom. The Morgan fingerprint density at radius 3 is 2.68 bits per heavy atom. The molecule has 0 fully saturated rings.